The van der Waals surface area contributed by atoms with Gasteiger partial charge < -0.3 is 14.6 Å². The standard InChI is InChI=1S/C20H22ClN3O/c1-20(25,14-6-9-22-10-7-14)13-24-18-12-23(2)11-8-15(18)16-4-3-5-17(21)19(16)24/h3-7,9-10,25H,8,11-13H2,1-2H3. The highest BCUT2D eigenvalue weighted by molar-refractivity contribution is 6.35. The molecule has 1 aromatic carbocycles. The fraction of sp³-hybridized carbons (Fsp3) is 0.350. The van der Waals surface area contributed by atoms with Gasteiger partial charge in [-0.1, -0.05) is 23.7 Å². The lowest BCUT2D eigenvalue weighted by Gasteiger charge is -2.29. The molecular formula is C20H22ClN3O. The van der Waals surface area contributed by atoms with Crippen LogP contribution in [0.3, 0.4) is 0 Å². The van der Waals surface area contributed by atoms with E-state index in [1.165, 1.54) is 16.6 Å². The van der Waals surface area contributed by atoms with Gasteiger partial charge in [-0.15, -0.1) is 0 Å². The number of fused-ring (bicyclic) bond motifs is 3. The minimum Gasteiger partial charge on any atom is -0.384 e. The zero-order chi connectivity index (χ0) is 17.6. The van der Waals surface area contributed by atoms with E-state index in [0.717, 1.165) is 35.6 Å². The van der Waals surface area contributed by atoms with E-state index >= 15 is 0 Å². The summed E-state index contributed by atoms with van der Waals surface area (Å²) in [7, 11) is 2.13. The molecule has 1 aliphatic heterocycles. The molecule has 1 unspecified atom stereocenters. The first-order chi connectivity index (χ1) is 12.0. The number of pyridine rings is 1. The molecule has 130 valence electrons. The largest absolute Gasteiger partial charge is 0.384 e. The zero-order valence-electron chi connectivity index (χ0n) is 14.5. The first-order valence-electron chi connectivity index (χ1n) is 8.57. The smallest absolute Gasteiger partial charge is 0.105 e. The molecule has 0 amide bonds. The van der Waals surface area contributed by atoms with E-state index < -0.39 is 5.60 Å². The second-order valence-corrected chi connectivity index (χ2v) is 7.55. The predicted molar refractivity (Wildman–Crippen MR) is 101 cm³/mol. The number of para-hydroxylation sites is 1. The maximum absolute atomic E-state index is 11.2. The molecule has 0 bridgehead atoms. The molecule has 0 saturated heterocycles. The summed E-state index contributed by atoms with van der Waals surface area (Å²) in [6.45, 7) is 4.22. The minimum atomic E-state index is -1.00. The Bertz CT molecular complexity index is 918. The Balaban J connectivity index is 1.88. The van der Waals surface area contributed by atoms with Gasteiger partial charge >= 0.3 is 0 Å². The summed E-state index contributed by atoms with van der Waals surface area (Å²) < 4.78 is 2.21. The minimum absolute atomic E-state index is 0.459. The number of aliphatic hydroxyl groups is 1. The van der Waals surface area contributed by atoms with Crippen molar-refractivity contribution in [2.45, 2.75) is 32.0 Å². The second kappa shape index (κ2) is 6.13. The Morgan fingerprint density at radius 3 is 2.76 bits per heavy atom. The van der Waals surface area contributed by atoms with E-state index in [-0.39, 0.29) is 0 Å². The molecule has 4 rings (SSSR count). The van der Waals surface area contributed by atoms with Crippen LogP contribution in [0.15, 0.2) is 42.7 Å². The average Bonchev–Trinajstić information content (AvgIpc) is 2.90. The van der Waals surface area contributed by atoms with Gasteiger partial charge in [0.2, 0.25) is 0 Å². The van der Waals surface area contributed by atoms with E-state index in [2.05, 4.69) is 27.6 Å². The van der Waals surface area contributed by atoms with Crippen molar-refractivity contribution >= 4 is 22.5 Å². The normalized spacial score (nSPS) is 17.4. The van der Waals surface area contributed by atoms with Crippen LogP contribution in [0.1, 0.15) is 23.7 Å². The topological polar surface area (TPSA) is 41.3 Å². The van der Waals surface area contributed by atoms with E-state index in [0.29, 0.717) is 6.54 Å². The number of rotatable bonds is 3. The Morgan fingerprint density at radius 1 is 1.24 bits per heavy atom. The zero-order valence-corrected chi connectivity index (χ0v) is 15.3. The summed E-state index contributed by atoms with van der Waals surface area (Å²) in [4.78, 5) is 6.37. The molecule has 25 heavy (non-hydrogen) atoms. The summed E-state index contributed by atoms with van der Waals surface area (Å²) in [6.07, 6.45) is 4.44. The summed E-state index contributed by atoms with van der Waals surface area (Å²) in [5.74, 6) is 0. The lowest BCUT2D eigenvalue weighted by molar-refractivity contribution is 0.0380. The van der Waals surface area contributed by atoms with Gasteiger partial charge in [-0.2, -0.15) is 0 Å². The Hall–Kier alpha value is -1.88. The summed E-state index contributed by atoms with van der Waals surface area (Å²) in [5, 5.41) is 13.1. The van der Waals surface area contributed by atoms with Crippen LogP contribution >= 0.6 is 11.6 Å². The maximum Gasteiger partial charge on any atom is 0.105 e. The fourth-order valence-electron chi connectivity index (χ4n) is 3.87. The number of halogens is 1. The average molecular weight is 356 g/mol. The Labute approximate surface area is 152 Å². The van der Waals surface area contributed by atoms with Crippen LogP contribution < -0.4 is 0 Å². The molecule has 0 radical (unpaired) electrons. The number of benzene rings is 1. The van der Waals surface area contributed by atoms with Gasteiger partial charge in [-0.05, 0) is 49.7 Å². The quantitative estimate of drug-likeness (QED) is 0.780. The molecule has 0 fully saturated rings. The van der Waals surface area contributed by atoms with Crippen molar-refractivity contribution in [3.63, 3.8) is 0 Å². The first kappa shape index (κ1) is 16.6. The van der Waals surface area contributed by atoms with Crippen LogP contribution in [0.25, 0.3) is 10.9 Å². The van der Waals surface area contributed by atoms with Crippen LogP contribution in [0.2, 0.25) is 5.02 Å². The Morgan fingerprint density at radius 2 is 2.00 bits per heavy atom. The number of hydrogen-bond acceptors (Lipinski definition) is 3. The monoisotopic (exact) mass is 355 g/mol. The molecule has 0 saturated carbocycles. The highest BCUT2D eigenvalue weighted by atomic mass is 35.5. The summed E-state index contributed by atoms with van der Waals surface area (Å²) in [5.41, 5.74) is 3.50. The van der Waals surface area contributed by atoms with E-state index in [9.17, 15) is 5.11 Å². The van der Waals surface area contributed by atoms with Crippen molar-refractivity contribution in [1.82, 2.24) is 14.5 Å². The molecule has 5 heteroatoms. The first-order valence-corrected chi connectivity index (χ1v) is 8.95. The maximum atomic E-state index is 11.2. The second-order valence-electron chi connectivity index (χ2n) is 7.14. The van der Waals surface area contributed by atoms with Crippen LogP contribution in [0.4, 0.5) is 0 Å². The summed E-state index contributed by atoms with van der Waals surface area (Å²) in [6, 6.07) is 9.81. The van der Waals surface area contributed by atoms with Gasteiger partial charge in [0.25, 0.3) is 0 Å². The molecular weight excluding hydrogens is 334 g/mol. The Kier molecular flexibility index (Phi) is 4.07. The van der Waals surface area contributed by atoms with Crippen molar-refractivity contribution in [2.24, 2.45) is 0 Å². The molecule has 0 aliphatic carbocycles. The van der Waals surface area contributed by atoms with Crippen molar-refractivity contribution in [1.29, 1.82) is 0 Å². The number of aromatic nitrogens is 2. The van der Waals surface area contributed by atoms with Gasteiger partial charge in [0.1, 0.15) is 5.60 Å². The molecule has 1 atom stereocenters. The van der Waals surface area contributed by atoms with Crippen molar-refractivity contribution in [2.75, 3.05) is 13.6 Å². The van der Waals surface area contributed by atoms with E-state index in [4.69, 9.17) is 11.6 Å². The predicted octanol–water partition coefficient (Wildman–Crippen LogP) is 3.59. The van der Waals surface area contributed by atoms with Crippen LogP contribution in [0.5, 0.6) is 0 Å². The van der Waals surface area contributed by atoms with Gasteiger partial charge in [0.15, 0.2) is 0 Å². The lowest BCUT2D eigenvalue weighted by Crippen LogP contribution is -2.32. The SMILES string of the molecule is CN1CCc2c(n(CC(C)(O)c3ccncc3)c3c(Cl)cccc23)C1. The van der Waals surface area contributed by atoms with Crippen molar-refractivity contribution in [3.8, 4) is 0 Å². The van der Waals surface area contributed by atoms with E-state index in [1.54, 1.807) is 12.4 Å². The molecule has 1 N–H and O–H groups in total. The number of nitrogens with zero attached hydrogens (tertiary/aromatic N) is 3. The van der Waals surface area contributed by atoms with Crippen molar-refractivity contribution in [3.05, 3.63) is 64.6 Å². The van der Waals surface area contributed by atoms with Gasteiger partial charge in [0.05, 0.1) is 17.1 Å². The van der Waals surface area contributed by atoms with Crippen LogP contribution in [-0.2, 0) is 25.1 Å². The van der Waals surface area contributed by atoms with Gasteiger partial charge in [-0.25, -0.2) is 0 Å². The third kappa shape index (κ3) is 2.84. The molecule has 3 heterocycles. The van der Waals surface area contributed by atoms with E-state index in [1.807, 2.05) is 31.2 Å². The van der Waals surface area contributed by atoms with Crippen LogP contribution in [0, 0.1) is 0 Å². The highest BCUT2D eigenvalue weighted by Gasteiger charge is 2.29. The highest BCUT2D eigenvalue weighted by Crippen LogP contribution is 2.36. The number of hydrogen-bond donors (Lipinski definition) is 1. The third-order valence-electron chi connectivity index (χ3n) is 5.19. The molecule has 4 nitrogen and oxygen atoms in total. The van der Waals surface area contributed by atoms with Gasteiger partial charge in [-0.3, -0.25) is 4.98 Å². The van der Waals surface area contributed by atoms with Gasteiger partial charge in [0, 0.05) is 36.6 Å². The van der Waals surface area contributed by atoms with Crippen LogP contribution in [-0.4, -0.2) is 33.1 Å². The molecule has 3 aromatic rings. The number of likely N-dealkylation sites (N-methyl/N-ethyl adjacent to an activating group) is 1. The summed E-state index contributed by atoms with van der Waals surface area (Å²) >= 11 is 6.57. The molecule has 1 aliphatic rings. The third-order valence-corrected chi connectivity index (χ3v) is 5.49. The molecule has 0 spiro atoms. The van der Waals surface area contributed by atoms with Crippen molar-refractivity contribution < 1.29 is 5.11 Å². The fourth-order valence-corrected chi connectivity index (χ4v) is 4.14. The lowest BCUT2D eigenvalue weighted by atomic mass is 9.97. The molecule has 2 aromatic heterocycles.